The minimum atomic E-state index is -3.80. The second-order valence-electron chi connectivity index (χ2n) is 8.23. The Hall–Kier alpha value is -3.49. The average molecular weight is 479 g/mol. The number of esters is 1. The van der Waals surface area contributed by atoms with Gasteiger partial charge in [-0.1, -0.05) is 44.2 Å². The molecule has 0 spiro atoms. The SMILES string of the molecule is COC(=O)c1cc(S(=O)(=O)NCCc2ccc3oc(-c4ccccc4)nc3c2)ccc1C(C)C. The summed E-state index contributed by atoms with van der Waals surface area (Å²) >= 11 is 0. The van der Waals surface area contributed by atoms with E-state index in [1.54, 1.807) is 6.07 Å². The molecule has 0 saturated carbocycles. The Labute approximate surface area is 198 Å². The highest BCUT2D eigenvalue weighted by atomic mass is 32.2. The Kier molecular flexibility index (Phi) is 6.81. The van der Waals surface area contributed by atoms with Gasteiger partial charge in [-0.25, -0.2) is 22.9 Å². The lowest BCUT2D eigenvalue weighted by atomic mass is 9.97. The van der Waals surface area contributed by atoms with Gasteiger partial charge in [-0.3, -0.25) is 0 Å². The highest BCUT2D eigenvalue weighted by Crippen LogP contribution is 2.26. The van der Waals surface area contributed by atoms with E-state index in [0.717, 1.165) is 16.7 Å². The summed E-state index contributed by atoms with van der Waals surface area (Å²) in [5.74, 6) is 0.0314. The van der Waals surface area contributed by atoms with Gasteiger partial charge < -0.3 is 9.15 Å². The van der Waals surface area contributed by atoms with Crippen molar-refractivity contribution in [3.63, 3.8) is 0 Å². The van der Waals surface area contributed by atoms with Crippen LogP contribution >= 0.6 is 0 Å². The van der Waals surface area contributed by atoms with Gasteiger partial charge in [0.25, 0.3) is 0 Å². The van der Waals surface area contributed by atoms with Crippen molar-refractivity contribution in [3.8, 4) is 11.5 Å². The molecule has 8 heteroatoms. The molecule has 1 aromatic heterocycles. The largest absolute Gasteiger partial charge is 0.465 e. The first-order valence-corrected chi connectivity index (χ1v) is 12.4. The molecule has 0 unspecified atom stereocenters. The van der Waals surface area contributed by atoms with E-state index >= 15 is 0 Å². The van der Waals surface area contributed by atoms with Crippen LogP contribution in [0.4, 0.5) is 0 Å². The molecule has 0 radical (unpaired) electrons. The minimum Gasteiger partial charge on any atom is -0.465 e. The second-order valence-corrected chi connectivity index (χ2v) is 10.00. The number of carbonyl (C=O) groups is 1. The second kappa shape index (κ2) is 9.79. The molecule has 4 aromatic rings. The number of fused-ring (bicyclic) bond motifs is 1. The summed E-state index contributed by atoms with van der Waals surface area (Å²) in [4.78, 5) is 16.7. The molecule has 0 fully saturated rings. The van der Waals surface area contributed by atoms with Crippen molar-refractivity contribution < 1.29 is 22.4 Å². The smallest absolute Gasteiger partial charge is 0.338 e. The Morgan fingerprint density at radius 2 is 1.82 bits per heavy atom. The Bertz CT molecular complexity index is 1430. The summed E-state index contributed by atoms with van der Waals surface area (Å²) in [5, 5.41) is 0. The molecular weight excluding hydrogens is 452 g/mol. The van der Waals surface area contributed by atoms with Crippen molar-refractivity contribution in [3.05, 3.63) is 83.4 Å². The molecule has 0 aliphatic rings. The molecule has 0 bridgehead atoms. The standard InChI is InChI=1S/C26H26N2O5S/c1-17(2)21-11-10-20(16-22(21)26(29)32-3)34(30,31)27-14-13-18-9-12-24-23(15-18)28-25(33-24)19-7-5-4-6-8-19/h4-12,15-17,27H,13-14H2,1-3H3. The monoisotopic (exact) mass is 478 g/mol. The Morgan fingerprint density at radius 3 is 2.53 bits per heavy atom. The third kappa shape index (κ3) is 5.03. The van der Waals surface area contributed by atoms with Crippen LogP contribution in [0, 0.1) is 0 Å². The molecule has 0 saturated heterocycles. The van der Waals surface area contributed by atoms with Gasteiger partial charge >= 0.3 is 5.97 Å². The third-order valence-electron chi connectivity index (χ3n) is 5.54. The number of hydrogen-bond acceptors (Lipinski definition) is 6. The van der Waals surface area contributed by atoms with Crippen LogP contribution in [-0.4, -0.2) is 33.0 Å². The summed E-state index contributed by atoms with van der Waals surface area (Å²) < 4.78 is 39.0. The highest BCUT2D eigenvalue weighted by Gasteiger charge is 2.20. The van der Waals surface area contributed by atoms with Gasteiger partial charge in [0.05, 0.1) is 17.6 Å². The van der Waals surface area contributed by atoms with Crippen LogP contribution in [0.5, 0.6) is 0 Å². The van der Waals surface area contributed by atoms with Crippen LogP contribution < -0.4 is 4.72 Å². The molecule has 4 rings (SSSR count). The number of aromatic nitrogens is 1. The van der Waals surface area contributed by atoms with Crippen molar-refractivity contribution in [2.75, 3.05) is 13.7 Å². The number of ether oxygens (including phenoxy) is 1. The molecule has 3 aromatic carbocycles. The van der Waals surface area contributed by atoms with E-state index < -0.39 is 16.0 Å². The number of rotatable bonds is 8. The van der Waals surface area contributed by atoms with Crippen LogP contribution in [0.2, 0.25) is 0 Å². The van der Waals surface area contributed by atoms with E-state index in [9.17, 15) is 13.2 Å². The van der Waals surface area contributed by atoms with Crippen LogP contribution in [0.3, 0.4) is 0 Å². The number of benzene rings is 3. The molecule has 1 N–H and O–H groups in total. The van der Waals surface area contributed by atoms with Gasteiger partial charge in [0.1, 0.15) is 5.52 Å². The van der Waals surface area contributed by atoms with E-state index in [1.807, 2.05) is 62.4 Å². The molecular formula is C26H26N2O5S. The molecule has 0 amide bonds. The van der Waals surface area contributed by atoms with E-state index in [1.165, 1.54) is 19.2 Å². The minimum absolute atomic E-state index is 0.0248. The van der Waals surface area contributed by atoms with E-state index in [-0.39, 0.29) is 22.9 Å². The van der Waals surface area contributed by atoms with Gasteiger partial charge in [-0.2, -0.15) is 0 Å². The molecule has 34 heavy (non-hydrogen) atoms. The van der Waals surface area contributed by atoms with Crippen LogP contribution in [-0.2, 0) is 21.2 Å². The summed E-state index contributed by atoms with van der Waals surface area (Å²) in [6, 6.07) is 19.8. The molecule has 176 valence electrons. The maximum Gasteiger partial charge on any atom is 0.338 e. The zero-order valence-corrected chi connectivity index (χ0v) is 20.1. The fourth-order valence-corrected chi connectivity index (χ4v) is 4.80. The van der Waals surface area contributed by atoms with Crippen molar-refractivity contribution in [1.82, 2.24) is 9.71 Å². The summed E-state index contributed by atoms with van der Waals surface area (Å²) in [7, 11) is -2.53. The first-order valence-electron chi connectivity index (χ1n) is 11.0. The van der Waals surface area contributed by atoms with E-state index in [4.69, 9.17) is 9.15 Å². The van der Waals surface area contributed by atoms with Gasteiger partial charge in [0, 0.05) is 12.1 Å². The van der Waals surface area contributed by atoms with Crippen molar-refractivity contribution in [2.24, 2.45) is 0 Å². The highest BCUT2D eigenvalue weighted by molar-refractivity contribution is 7.89. The molecule has 0 aliphatic heterocycles. The number of nitrogens with one attached hydrogen (secondary N) is 1. The summed E-state index contributed by atoms with van der Waals surface area (Å²) in [6.07, 6.45) is 0.469. The fraction of sp³-hybridized carbons (Fsp3) is 0.231. The predicted molar refractivity (Wildman–Crippen MR) is 130 cm³/mol. The molecule has 0 aliphatic carbocycles. The van der Waals surface area contributed by atoms with Crippen LogP contribution in [0.15, 0.2) is 76.0 Å². The number of nitrogens with zero attached hydrogens (tertiary/aromatic N) is 1. The average Bonchev–Trinajstić information content (AvgIpc) is 3.27. The van der Waals surface area contributed by atoms with Gasteiger partial charge in [0.15, 0.2) is 5.58 Å². The number of hydrogen-bond donors (Lipinski definition) is 1. The number of carbonyl (C=O) groups excluding carboxylic acids is 1. The van der Waals surface area contributed by atoms with Crippen molar-refractivity contribution >= 4 is 27.1 Å². The maximum absolute atomic E-state index is 12.8. The zero-order valence-electron chi connectivity index (χ0n) is 19.2. The predicted octanol–water partition coefficient (Wildman–Crippen LogP) is 4.93. The quantitative estimate of drug-likeness (QED) is 0.361. The normalized spacial score (nSPS) is 11.8. The first-order chi connectivity index (χ1) is 16.3. The third-order valence-corrected chi connectivity index (χ3v) is 7.00. The lowest BCUT2D eigenvalue weighted by molar-refractivity contribution is 0.0598. The number of methoxy groups -OCH3 is 1. The summed E-state index contributed by atoms with van der Waals surface area (Å²) in [6.45, 7) is 4.06. The molecule has 0 atom stereocenters. The van der Waals surface area contributed by atoms with Gasteiger partial charge in [-0.15, -0.1) is 0 Å². The fourth-order valence-electron chi connectivity index (χ4n) is 3.74. The Morgan fingerprint density at radius 1 is 1.06 bits per heavy atom. The number of oxazole rings is 1. The lowest BCUT2D eigenvalue weighted by Crippen LogP contribution is -2.26. The number of sulfonamides is 1. The summed E-state index contributed by atoms with van der Waals surface area (Å²) in [5.41, 5.74) is 4.19. The van der Waals surface area contributed by atoms with Crippen molar-refractivity contribution in [1.29, 1.82) is 0 Å². The molecule has 1 heterocycles. The Balaban J connectivity index is 1.48. The van der Waals surface area contributed by atoms with Gasteiger partial charge in [0.2, 0.25) is 15.9 Å². The zero-order chi connectivity index (χ0) is 24.3. The van der Waals surface area contributed by atoms with Crippen molar-refractivity contribution in [2.45, 2.75) is 31.1 Å². The van der Waals surface area contributed by atoms with Crippen LogP contribution in [0.1, 0.15) is 41.3 Å². The van der Waals surface area contributed by atoms with Gasteiger partial charge in [-0.05, 0) is 59.9 Å². The molecule has 7 nitrogen and oxygen atoms in total. The van der Waals surface area contributed by atoms with E-state index in [2.05, 4.69) is 9.71 Å². The first kappa shape index (κ1) is 23.7. The topological polar surface area (TPSA) is 98.5 Å². The lowest BCUT2D eigenvalue weighted by Gasteiger charge is -2.14. The van der Waals surface area contributed by atoms with E-state index in [0.29, 0.717) is 23.4 Å². The van der Waals surface area contributed by atoms with Crippen LogP contribution in [0.25, 0.3) is 22.6 Å². The maximum atomic E-state index is 12.8.